The van der Waals surface area contributed by atoms with Crippen LogP contribution in [0.2, 0.25) is 0 Å². The Morgan fingerprint density at radius 2 is 1.79 bits per heavy atom. The number of hydrogen-bond acceptors (Lipinski definition) is 4. The van der Waals surface area contributed by atoms with Gasteiger partial charge in [0, 0.05) is 44.8 Å². The lowest BCUT2D eigenvalue weighted by Gasteiger charge is -2.33. The van der Waals surface area contributed by atoms with Gasteiger partial charge < -0.3 is 16.0 Å². The van der Waals surface area contributed by atoms with Gasteiger partial charge in [0.2, 0.25) is 0 Å². The Balaban J connectivity index is 1.95. The van der Waals surface area contributed by atoms with Crippen LogP contribution in [0.1, 0.15) is 36.7 Å². The second kappa shape index (κ2) is 8.10. The Morgan fingerprint density at radius 3 is 2.29 bits per heavy atom. The number of carbonyl (C=O) groups is 1. The molecular formula is C19H32N4O. The molecule has 0 aliphatic carbocycles. The van der Waals surface area contributed by atoms with Gasteiger partial charge in [0.25, 0.3) is 5.91 Å². The van der Waals surface area contributed by atoms with Crippen LogP contribution in [0, 0.1) is 5.92 Å². The predicted molar refractivity (Wildman–Crippen MR) is 99.0 cm³/mol. The molecule has 5 heteroatoms. The van der Waals surface area contributed by atoms with Crippen molar-refractivity contribution in [3.8, 4) is 0 Å². The third-order valence-corrected chi connectivity index (χ3v) is 5.32. The number of nitrogens with one attached hydrogen (secondary N) is 1. The van der Waals surface area contributed by atoms with E-state index in [-0.39, 0.29) is 17.4 Å². The highest BCUT2D eigenvalue weighted by Crippen LogP contribution is 2.16. The molecule has 1 aromatic rings. The highest BCUT2D eigenvalue weighted by atomic mass is 16.1. The quantitative estimate of drug-likeness (QED) is 0.829. The molecular weight excluding hydrogens is 300 g/mol. The Morgan fingerprint density at radius 1 is 1.21 bits per heavy atom. The third kappa shape index (κ3) is 4.79. The van der Waals surface area contributed by atoms with Crippen LogP contribution in [-0.2, 0) is 6.54 Å². The number of amides is 1. The lowest BCUT2D eigenvalue weighted by molar-refractivity contribution is 0.0883. The first kappa shape index (κ1) is 18.9. The van der Waals surface area contributed by atoms with Gasteiger partial charge in [0.1, 0.15) is 0 Å². The van der Waals surface area contributed by atoms with Crippen LogP contribution in [0.3, 0.4) is 0 Å². The van der Waals surface area contributed by atoms with Crippen molar-refractivity contribution in [1.82, 2.24) is 15.1 Å². The maximum absolute atomic E-state index is 12.5. The van der Waals surface area contributed by atoms with Gasteiger partial charge in [-0.2, -0.15) is 0 Å². The summed E-state index contributed by atoms with van der Waals surface area (Å²) in [6, 6.07) is 7.95. The van der Waals surface area contributed by atoms with Crippen LogP contribution in [-0.4, -0.2) is 61.0 Å². The lowest BCUT2D eigenvalue weighted by atomic mass is 9.88. The van der Waals surface area contributed by atoms with Crippen molar-refractivity contribution in [2.24, 2.45) is 11.7 Å². The van der Waals surface area contributed by atoms with E-state index < -0.39 is 0 Å². The Hall–Kier alpha value is -1.43. The fourth-order valence-corrected chi connectivity index (χ4v) is 2.79. The van der Waals surface area contributed by atoms with E-state index in [0.29, 0.717) is 12.1 Å². The molecule has 134 valence electrons. The summed E-state index contributed by atoms with van der Waals surface area (Å²) in [6.45, 7) is 12.0. The monoisotopic (exact) mass is 332 g/mol. The highest BCUT2D eigenvalue weighted by Gasteiger charge is 2.28. The van der Waals surface area contributed by atoms with E-state index in [0.717, 1.165) is 32.7 Å². The summed E-state index contributed by atoms with van der Waals surface area (Å²) in [7, 11) is 2.16. The number of piperazine rings is 1. The van der Waals surface area contributed by atoms with Crippen molar-refractivity contribution in [3.63, 3.8) is 0 Å². The molecule has 1 aliphatic heterocycles. The Kier molecular flexibility index (Phi) is 6.38. The summed E-state index contributed by atoms with van der Waals surface area (Å²) in [5.41, 5.74) is 7.41. The molecule has 1 unspecified atom stereocenters. The van der Waals surface area contributed by atoms with Gasteiger partial charge in [-0.05, 0) is 37.6 Å². The van der Waals surface area contributed by atoms with Crippen molar-refractivity contribution in [3.05, 3.63) is 35.4 Å². The van der Waals surface area contributed by atoms with Gasteiger partial charge in [-0.15, -0.1) is 0 Å². The molecule has 1 aromatic carbocycles. The molecule has 5 nitrogen and oxygen atoms in total. The number of likely N-dealkylation sites (N-methyl/N-ethyl adjacent to an activating group) is 1. The molecule has 1 aliphatic rings. The minimum atomic E-state index is -0.379. The first-order chi connectivity index (χ1) is 11.3. The second-order valence-corrected chi connectivity index (χ2v) is 7.51. The van der Waals surface area contributed by atoms with Gasteiger partial charge in [0.05, 0.1) is 5.54 Å². The number of rotatable bonds is 6. The first-order valence-electron chi connectivity index (χ1n) is 8.86. The molecule has 1 heterocycles. The number of benzene rings is 1. The largest absolute Gasteiger partial charge is 0.345 e. The third-order valence-electron chi connectivity index (χ3n) is 5.32. The van der Waals surface area contributed by atoms with E-state index in [1.54, 1.807) is 0 Å². The van der Waals surface area contributed by atoms with E-state index in [9.17, 15) is 4.79 Å². The van der Waals surface area contributed by atoms with E-state index >= 15 is 0 Å². The molecule has 1 saturated heterocycles. The SMILES string of the molecule is CC(C)C(C)(CN)NC(=O)c1ccc(CN2CCN(C)CC2)cc1. The normalized spacial score (nSPS) is 19.2. The van der Waals surface area contributed by atoms with Crippen molar-refractivity contribution in [2.75, 3.05) is 39.8 Å². The topological polar surface area (TPSA) is 61.6 Å². The van der Waals surface area contributed by atoms with E-state index in [2.05, 4.69) is 48.1 Å². The zero-order valence-corrected chi connectivity index (χ0v) is 15.5. The van der Waals surface area contributed by atoms with Gasteiger partial charge in [-0.25, -0.2) is 0 Å². The zero-order valence-electron chi connectivity index (χ0n) is 15.5. The van der Waals surface area contributed by atoms with Crippen LogP contribution >= 0.6 is 0 Å². The summed E-state index contributed by atoms with van der Waals surface area (Å²) < 4.78 is 0. The fourth-order valence-electron chi connectivity index (χ4n) is 2.79. The molecule has 24 heavy (non-hydrogen) atoms. The average Bonchev–Trinajstić information content (AvgIpc) is 2.57. The number of nitrogens with two attached hydrogens (primary N) is 1. The Labute approximate surface area is 146 Å². The average molecular weight is 332 g/mol. The van der Waals surface area contributed by atoms with E-state index in [1.165, 1.54) is 5.56 Å². The molecule has 0 aromatic heterocycles. The fraction of sp³-hybridized carbons (Fsp3) is 0.632. The van der Waals surface area contributed by atoms with E-state index in [1.807, 2.05) is 19.1 Å². The smallest absolute Gasteiger partial charge is 0.251 e. The van der Waals surface area contributed by atoms with Crippen LogP contribution in [0.4, 0.5) is 0 Å². The van der Waals surface area contributed by atoms with Crippen LogP contribution in [0.25, 0.3) is 0 Å². The predicted octanol–water partition coefficient (Wildman–Crippen LogP) is 1.54. The van der Waals surface area contributed by atoms with E-state index in [4.69, 9.17) is 5.73 Å². The summed E-state index contributed by atoms with van der Waals surface area (Å²) in [4.78, 5) is 17.3. The van der Waals surface area contributed by atoms with Crippen LogP contribution in [0.15, 0.2) is 24.3 Å². The van der Waals surface area contributed by atoms with Gasteiger partial charge in [0.15, 0.2) is 0 Å². The number of carbonyl (C=O) groups excluding carboxylic acids is 1. The lowest BCUT2D eigenvalue weighted by Crippen LogP contribution is -2.55. The molecule has 0 radical (unpaired) electrons. The standard InChI is InChI=1S/C19H32N4O/c1-15(2)19(3,14-20)21-18(24)17-7-5-16(6-8-17)13-23-11-9-22(4)10-12-23/h5-8,15H,9-14,20H2,1-4H3,(H,21,24). The summed E-state index contributed by atoms with van der Waals surface area (Å²) in [5, 5.41) is 3.08. The van der Waals surface area contributed by atoms with Crippen molar-refractivity contribution >= 4 is 5.91 Å². The summed E-state index contributed by atoms with van der Waals surface area (Å²) in [5.74, 6) is 0.228. The molecule has 2 rings (SSSR count). The molecule has 3 N–H and O–H groups in total. The van der Waals surface area contributed by atoms with Gasteiger partial charge in [-0.1, -0.05) is 26.0 Å². The van der Waals surface area contributed by atoms with Gasteiger partial charge in [-0.3, -0.25) is 9.69 Å². The number of hydrogen-bond donors (Lipinski definition) is 2. The van der Waals surface area contributed by atoms with Gasteiger partial charge >= 0.3 is 0 Å². The Bertz CT molecular complexity index is 535. The minimum absolute atomic E-state index is 0.0530. The molecule has 0 bridgehead atoms. The second-order valence-electron chi connectivity index (χ2n) is 7.51. The molecule has 1 atom stereocenters. The molecule has 1 amide bonds. The van der Waals surface area contributed by atoms with Crippen molar-refractivity contribution in [2.45, 2.75) is 32.9 Å². The van der Waals surface area contributed by atoms with Crippen LogP contribution in [0.5, 0.6) is 0 Å². The van der Waals surface area contributed by atoms with Crippen LogP contribution < -0.4 is 11.1 Å². The van der Waals surface area contributed by atoms with Crippen molar-refractivity contribution < 1.29 is 4.79 Å². The minimum Gasteiger partial charge on any atom is -0.345 e. The maximum Gasteiger partial charge on any atom is 0.251 e. The molecule has 0 saturated carbocycles. The highest BCUT2D eigenvalue weighted by molar-refractivity contribution is 5.94. The first-order valence-corrected chi connectivity index (χ1v) is 8.86. The summed E-state index contributed by atoms with van der Waals surface area (Å²) >= 11 is 0. The maximum atomic E-state index is 12.5. The molecule has 0 spiro atoms. The van der Waals surface area contributed by atoms with Crippen molar-refractivity contribution in [1.29, 1.82) is 0 Å². The molecule has 1 fully saturated rings. The zero-order chi connectivity index (χ0) is 17.7. The summed E-state index contributed by atoms with van der Waals surface area (Å²) in [6.07, 6.45) is 0. The number of nitrogens with zero attached hydrogens (tertiary/aromatic N) is 2.